The molecular formula is C25H20ClNO3. The van der Waals surface area contributed by atoms with Crippen LogP contribution >= 0.6 is 11.6 Å². The second kappa shape index (κ2) is 8.97. The van der Waals surface area contributed by atoms with E-state index in [1.807, 2.05) is 72.8 Å². The quantitative estimate of drug-likeness (QED) is 0.420. The number of carboxylic acid groups (broad SMARTS) is 1. The number of hydrogen-bond donors (Lipinski definition) is 1. The first-order valence-corrected chi connectivity index (χ1v) is 10.0. The molecule has 0 fully saturated rings. The minimum atomic E-state index is -0.865. The number of carbonyl (C=O) groups is 1. The van der Waals surface area contributed by atoms with Gasteiger partial charge in [-0.1, -0.05) is 66.2 Å². The van der Waals surface area contributed by atoms with Crippen LogP contribution in [0.2, 0.25) is 5.02 Å². The summed E-state index contributed by atoms with van der Waals surface area (Å²) in [6.07, 6.45) is 2.21. The van der Waals surface area contributed by atoms with E-state index >= 15 is 0 Å². The minimum Gasteiger partial charge on any atom is -0.489 e. The monoisotopic (exact) mass is 417 g/mol. The second-order valence-electron chi connectivity index (χ2n) is 7.05. The lowest BCUT2D eigenvalue weighted by molar-refractivity contribution is -0.136. The molecule has 4 nitrogen and oxygen atoms in total. The number of hydrogen-bond acceptors (Lipinski definition) is 3. The Hall–Kier alpha value is -3.37. The summed E-state index contributed by atoms with van der Waals surface area (Å²) in [5.74, 6) is -0.0661. The number of fused-ring (bicyclic) bond motifs is 1. The van der Waals surface area contributed by atoms with Crippen LogP contribution in [-0.2, 0) is 24.2 Å². The molecule has 0 unspecified atom stereocenters. The van der Waals surface area contributed by atoms with E-state index in [-0.39, 0.29) is 6.42 Å². The van der Waals surface area contributed by atoms with Gasteiger partial charge in [-0.15, -0.1) is 0 Å². The maximum atomic E-state index is 11.2. The van der Waals surface area contributed by atoms with Crippen LogP contribution in [0.1, 0.15) is 22.4 Å². The van der Waals surface area contributed by atoms with Crippen LogP contribution in [-0.4, -0.2) is 16.1 Å². The van der Waals surface area contributed by atoms with Crippen molar-refractivity contribution in [2.75, 3.05) is 0 Å². The van der Waals surface area contributed by atoms with E-state index < -0.39 is 5.97 Å². The second-order valence-corrected chi connectivity index (χ2v) is 7.48. The lowest BCUT2D eigenvalue weighted by Gasteiger charge is -2.13. The molecule has 0 bridgehead atoms. The number of rotatable bonds is 7. The third-order valence-electron chi connectivity index (χ3n) is 4.94. The summed E-state index contributed by atoms with van der Waals surface area (Å²) in [7, 11) is 0. The van der Waals surface area contributed by atoms with Gasteiger partial charge in [0.25, 0.3) is 0 Å². The van der Waals surface area contributed by atoms with Crippen molar-refractivity contribution in [3.8, 4) is 5.75 Å². The number of para-hydroxylation sites is 1. The lowest BCUT2D eigenvalue weighted by Crippen LogP contribution is -2.04. The third kappa shape index (κ3) is 4.61. The lowest BCUT2D eigenvalue weighted by atomic mass is 9.99. The average molecular weight is 418 g/mol. The van der Waals surface area contributed by atoms with Crippen LogP contribution in [0.5, 0.6) is 5.75 Å². The standard InChI is InChI=1S/C25H20ClNO3/c26-20-11-9-17(10-12-20)16-30-24-8-4-1-5-18(24)13-23-22-7-3-2-6-21(22)19(15-27-23)14-25(28)29/h1-12,15H,13-14,16H2,(H,28,29). The minimum absolute atomic E-state index is 0.0470. The molecule has 1 N–H and O–H groups in total. The Labute approximate surface area is 179 Å². The Morgan fingerprint density at radius 1 is 0.900 bits per heavy atom. The average Bonchev–Trinajstić information content (AvgIpc) is 2.75. The van der Waals surface area contributed by atoms with Crippen LogP contribution in [0.4, 0.5) is 0 Å². The molecule has 1 heterocycles. The normalized spacial score (nSPS) is 10.8. The molecule has 0 saturated heterocycles. The Kier molecular flexibility index (Phi) is 5.96. The first-order chi connectivity index (χ1) is 14.6. The maximum Gasteiger partial charge on any atom is 0.307 e. The Morgan fingerprint density at radius 3 is 2.37 bits per heavy atom. The number of ether oxygens (including phenoxy) is 1. The van der Waals surface area contributed by atoms with Crippen molar-refractivity contribution in [1.82, 2.24) is 4.98 Å². The highest BCUT2D eigenvalue weighted by molar-refractivity contribution is 6.30. The highest BCUT2D eigenvalue weighted by Gasteiger charge is 2.12. The molecule has 0 atom stereocenters. The number of benzene rings is 3. The molecule has 1 aromatic heterocycles. The summed E-state index contributed by atoms with van der Waals surface area (Å²) in [6, 6.07) is 23.3. The van der Waals surface area contributed by atoms with Gasteiger partial charge in [-0.2, -0.15) is 0 Å². The summed E-state index contributed by atoms with van der Waals surface area (Å²) in [5.41, 5.74) is 3.67. The van der Waals surface area contributed by atoms with E-state index in [9.17, 15) is 9.90 Å². The zero-order valence-electron chi connectivity index (χ0n) is 16.2. The first-order valence-electron chi connectivity index (χ1n) is 9.62. The van der Waals surface area contributed by atoms with E-state index in [0.717, 1.165) is 33.3 Å². The number of aromatic nitrogens is 1. The van der Waals surface area contributed by atoms with Gasteiger partial charge in [0, 0.05) is 28.6 Å². The smallest absolute Gasteiger partial charge is 0.307 e. The molecule has 5 heteroatoms. The highest BCUT2D eigenvalue weighted by atomic mass is 35.5. The summed E-state index contributed by atoms with van der Waals surface area (Å²) < 4.78 is 6.08. The van der Waals surface area contributed by atoms with Crippen molar-refractivity contribution in [2.24, 2.45) is 0 Å². The van der Waals surface area contributed by atoms with Gasteiger partial charge in [0.2, 0.25) is 0 Å². The van der Waals surface area contributed by atoms with Crippen LogP contribution in [0, 0.1) is 0 Å². The van der Waals surface area contributed by atoms with Crippen molar-refractivity contribution in [2.45, 2.75) is 19.4 Å². The number of aliphatic carboxylic acids is 1. The molecule has 0 spiro atoms. The van der Waals surface area contributed by atoms with Gasteiger partial charge in [-0.25, -0.2) is 0 Å². The van der Waals surface area contributed by atoms with Gasteiger partial charge < -0.3 is 9.84 Å². The zero-order valence-corrected chi connectivity index (χ0v) is 17.0. The number of halogens is 1. The maximum absolute atomic E-state index is 11.2. The van der Waals surface area contributed by atoms with Crippen molar-refractivity contribution < 1.29 is 14.6 Å². The van der Waals surface area contributed by atoms with Crippen LogP contribution in [0.3, 0.4) is 0 Å². The Bertz CT molecular complexity index is 1190. The van der Waals surface area contributed by atoms with Crippen molar-refractivity contribution in [3.63, 3.8) is 0 Å². The van der Waals surface area contributed by atoms with Crippen molar-refractivity contribution in [3.05, 3.63) is 106 Å². The fraction of sp³-hybridized carbons (Fsp3) is 0.120. The van der Waals surface area contributed by atoms with E-state index in [0.29, 0.717) is 23.6 Å². The third-order valence-corrected chi connectivity index (χ3v) is 5.19. The predicted molar refractivity (Wildman–Crippen MR) is 118 cm³/mol. The van der Waals surface area contributed by atoms with Crippen molar-refractivity contribution in [1.29, 1.82) is 0 Å². The molecule has 0 aliphatic heterocycles. The van der Waals surface area contributed by atoms with Gasteiger partial charge in [0.1, 0.15) is 12.4 Å². The topological polar surface area (TPSA) is 59.4 Å². The molecule has 4 rings (SSSR count). The molecule has 4 aromatic rings. The zero-order chi connectivity index (χ0) is 20.9. The first kappa shape index (κ1) is 19.9. The molecule has 30 heavy (non-hydrogen) atoms. The molecule has 0 aliphatic carbocycles. The van der Waals surface area contributed by atoms with E-state index in [2.05, 4.69) is 4.98 Å². The SMILES string of the molecule is O=C(O)Cc1cnc(Cc2ccccc2OCc2ccc(Cl)cc2)c2ccccc12. The molecule has 0 radical (unpaired) electrons. The van der Waals surface area contributed by atoms with Gasteiger partial charge in [0.05, 0.1) is 12.1 Å². The summed E-state index contributed by atoms with van der Waals surface area (Å²) in [4.78, 5) is 15.8. The fourth-order valence-corrected chi connectivity index (χ4v) is 3.59. The predicted octanol–water partition coefficient (Wildman–Crippen LogP) is 5.69. The molecule has 0 saturated carbocycles. The summed E-state index contributed by atoms with van der Waals surface area (Å²) in [6.45, 7) is 0.444. The number of carboxylic acids is 1. The summed E-state index contributed by atoms with van der Waals surface area (Å²) >= 11 is 5.95. The highest BCUT2D eigenvalue weighted by Crippen LogP contribution is 2.27. The number of pyridine rings is 1. The molecule has 3 aromatic carbocycles. The van der Waals surface area contributed by atoms with Gasteiger partial charge >= 0.3 is 5.97 Å². The summed E-state index contributed by atoms with van der Waals surface area (Å²) in [5, 5.41) is 11.8. The van der Waals surface area contributed by atoms with Gasteiger partial charge in [-0.3, -0.25) is 9.78 Å². The van der Waals surface area contributed by atoms with E-state index in [4.69, 9.17) is 16.3 Å². The van der Waals surface area contributed by atoms with Gasteiger partial charge in [-0.05, 0) is 34.7 Å². The van der Waals surface area contributed by atoms with E-state index in [1.54, 1.807) is 6.20 Å². The van der Waals surface area contributed by atoms with Gasteiger partial charge in [0.15, 0.2) is 0 Å². The Morgan fingerprint density at radius 2 is 1.60 bits per heavy atom. The van der Waals surface area contributed by atoms with Crippen LogP contribution < -0.4 is 4.74 Å². The molecule has 150 valence electrons. The molecule has 0 aliphatic rings. The fourth-order valence-electron chi connectivity index (χ4n) is 3.47. The molecule has 0 amide bonds. The largest absolute Gasteiger partial charge is 0.489 e. The molecular weight excluding hydrogens is 398 g/mol. The van der Waals surface area contributed by atoms with Crippen molar-refractivity contribution >= 4 is 28.3 Å². The van der Waals surface area contributed by atoms with Crippen LogP contribution in [0.25, 0.3) is 10.8 Å². The Balaban J connectivity index is 1.61. The number of nitrogens with zero attached hydrogens (tertiary/aromatic N) is 1. The van der Waals surface area contributed by atoms with Crippen LogP contribution in [0.15, 0.2) is 79.0 Å². The van der Waals surface area contributed by atoms with E-state index in [1.165, 1.54) is 0 Å².